The molecule has 1 aromatic rings. The number of rotatable bonds is 5. The minimum absolute atomic E-state index is 0.730. The molecule has 0 saturated carbocycles. The fourth-order valence-corrected chi connectivity index (χ4v) is 1.08. The highest BCUT2D eigenvalue weighted by Gasteiger charge is 1.93. The van der Waals surface area contributed by atoms with E-state index in [9.17, 15) is 0 Å². The zero-order valence-corrected chi connectivity index (χ0v) is 8.66. The number of hydrogen-bond donors (Lipinski definition) is 1. The minimum Gasteiger partial charge on any atom is -0.497 e. The molecule has 1 aromatic carbocycles. The standard InChI is InChI=1S/C11H16N2O/c1-3-7-12-13-9-10-5-4-6-11(8-10)14-2/h4-8,13H,3,9H2,1-2H3/b12-7-. The molecule has 14 heavy (non-hydrogen) atoms. The van der Waals surface area contributed by atoms with E-state index in [0.29, 0.717) is 0 Å². The number of benzene rings is 1. The van der Waals surface area contributed by atoms with Gasteiger partial charge in [0.2, 0.25) is 0 Å². The molecular weight excluding hydrogens is 176 g/mol. The molecule has 76 valence electrons. The van der Waals surface area contributed by atoms with Gasteiger partial charge in [0.05, 0.1) is 13.7 Å². The van der Waals surface area contributed by atoms with E-state index < -0.39 is 0 Å². The van der Waals surface area contributed by atoms with Crippen LogP contribution in [0.3, 0.4) is 0 Å². The van der Waals surface area contributed by atoms with Gasteiger partial charge in [0.1, 0.15) is 5.75 Å². The summed E-state index contributed by atoms with van der Waals surface area (Å²) >= 11 is 0. The third kappa shape index (κ3) is 3.47. The molecule has 0 aromatic heterocycles. The van der Waals surface area contributed by atoms with Crippen molar-refractivity contribution in [2.45, 2.75) is 19.9 Å². The second-order valence-electron chi connectivity index (χ2n) is 2.91. The number of hydrazone groups is 1. The highest BCUT2D eigenvalue weighted by molar-refractivity contribution is 5.55. The quantitative estimate of drug-likeness (QED) is 0.573. The molecule has 0 fully saturated rings. The van der Waals surface area contributed by atoms with Gasteiger partial charge in [0, 0.05) is 6.21 Å². The summed E-state index contributed by atoms with van der Waals surface area (Å²) in [5.41, 5.74) is 4.13. The molecule has 0 atom stereocenters. The third-order valence-electron chi connectivity index (χ3n) is 1.78. The molecule has 0 unspecified atom stereocenters. The van der Waals surface area contributed by atoms with Crippen LogP contribution in [0.5, 0.6) is 5.75 Å². The van der Waals surface area contributed by atoms with E-state index in [1.807, 2.05) is 30.5 Å². The highest BCUT2D eigenvalue weighted by Crippen LogP contribution is 2.11. The van der Waals surface area contributed by atoms with Crippen molar-refractivity contribution in [2.24, 2.45) is 5.10 Å². The molecule has 0 aliphatic heterocycles. The lowest BCUT2D eigenvalue weighted by molar-refractivity contribution is 0.414. The Morgan fingerprint density at radius 1 is 1.50 bits per heavy atom. The predicted molar refractivity (Wildman–Crippen MR) is 58.6 cm³/mol. The summed E-state index contributed by atoms with van der Waals surface area (Å²) in [5.74, 6) is 0.878. The van der Waals surface area contributed by atoms with Crippen molar-refractivity contribution in [2.75, 3.05) is 7.11 Å². The van der Waals surface area contributed by atoms with Crippen LogP contribution in [-0.2, 0) is 6.54 Å². The molecule has 0 aliphatic carbocycles. The molecule has 0 spiro atoms. The van der Waals surface area contributed by atoms with E-state index in [1.54, 1.807) is 7.11 Å². The Labute approximate surface area is 84.8 Å². The van der Waals surface area contributed by atoms with E-state index in [0.717, 1.165) is 24.3 Å². The Kier molecular flexibility index (Phi) is 4.55. The summed E-state index contributed by atoms with van der Waals surface area (Å²) in [4.78, 5) is 0. The molecule has 0 saturated heterocycles. The van der Waals surface area contributed by atoms with E-state index in [1.165, 1.54) is 0 Å². The number of ether oxygens (including phenoxy) is 1. The third-order valence-corrected chi connectivity index (χ3v) is 1.78. The van der Waals surface area contributed by atoms with Gasteiger partial charge in [0.25, 0.3) is 0 Å². The Hall–Kier alpha value is -1.51. The van der Waals surface area contributed by atoms with Gasteiger partial charge >= 0.3 is 0 Å². The maximum Gasteiger partial charge on any atom is 0.119 e. The first kappa shape index (κ1) is 10.6. The molecule has 1 N–H and O–H groups in total. The van der Waals surface area contributed by atoms with Gasteiger partial charge in [-0.25, -0.2) is 0 Å². The van der Waals surface area contributed by atoms with E-state index >= 15 is 0 Å². The molecule has 3 nitrogen and oxygen atoms in total. The van der Waals surface area contributed by atoms with Crippen LogP contribution in [0.1, 0.15) is 18.9 Å². The number of nitrogens with one attached hydrogen (secondary N) is 1. The van der Waals surface area contributed by atoms with Crippen molar-refractivity contribution in [3.8, 4) is 5.75 Å². The van der Waals surface area contributed by atoms with E-state index in [4.69, 9.17) is 4.74 Å². The van der Waals surface area contributed by atoms with Crippen molar-refractivity contribution in [1.29, 1.82) is 0 Å². The molecule has 0 bridgehead atoms. The van der Waals surface area contributed by atoms with Crippen LogP contribution in [0.4, 0.5) is 0 Å². The summed E-state index contributed by atoms with van der Waals surface area (Å²) in [6, 6.07) is 7.93. The lowest BCUT2D eigenvalue weighted by Gasteiger charge is -2.03. The van der Waals surface area contributed by atoms with Gasteiger partial charge in [0.15, 0.2) is 0 Å². The van der Waals surface area contributed by atoms with Gasteiger partial charge in [-0.15, -0.1) is 0 Å². The fraction of sp³-hybridized carbons (Fsp3) is 0.364. The topological polar surface area (TPSA) is 33.6 Å². The van der Waals surface area contributed by atoms with Crippen LogP contribution in [0.25, 0.3) is 0 Å². The Morgan fingerprint density at radius 2 is 2.36 bits per heavy atom. The Bertz CT molecular complexity index is 297. The van der Waals surface area contributed by atoms with Crippen LogP contribution < -0.4 is 10.2 Å². The first-order valence-electron chi connectivity index (χ1n) is 4.74. The second kappa shape index (κ2) is 6.02. The maximum atomic E-state index is 5.12. The van der Waals surface area contributed by atoms with Crippen molar-refractivity contribution in [3.63, 3.8) is 0 Å². The van der Waals surface area contributed by atoms with Crippen molar-refractivity contribution in [1.82, 2.24) is 5.43 Å². The summed E-state index contributed by atoms with van der Waals surface area (Å²) in [7, 11) is 1.67. The number of methoxy groups -OCH3 is 1. The van der Waals surface area contributed by atoms with Crippen LogP contribution in [0.2, 0.25) is 0 Å². The smallest absolute Gasteiger partial charge is 0.119 e. The maximum absolute atomic E-state index is 5.12. The van der Waals surface area contributed by atoms with Gasteiger partial charge in [-0.2, -0.15) is 5.10 Å². The van der Waals surface area contributed by atoms with Crippen LogP contribution in [-0.4, -0.2) is 13.3 Å². The van der Waals surface area contributed by atoms with Crippen molar-refractivity contribution >= 4 is 6.21 Å². The van der Waals surface area contributed by atoms with Crippen LogP contribution in [0.15, 0.2) is 29.4 Å². The average molecular weight is 192 g/mol. The number of nitrogens with zero attached hydrogens (tertiary/aromatic N) is 1. The molecule has 1 rings (SSSR count). The van der Waals surface area contributed by atoms with Gasteiger partial charge < -0.3 is 10.2 Å². The van der Waals surface area contributed by atoms with Gasteiger partial charge in [-0.1, -0.05) is 19.1 Å². The normalized spacial score (nSPS) is 10.4. The van der Waals surface area contributed by atoms with Crippen molar-refractivity contribution in [3.05, 3.63) is 29.8 Å². The fourth-order valence-electron chi connectivity index (χ4n) is 1.08. The van der Waals surface area contributed by atoms with Gasteiger partial charge in [-0.05, 0) is 24.1 Å². The minimum atomic E-state index is 0.730. The molecule has 0 radical (unpaired) electrons. The second-order valence-corrected chi connectivity index (χ2v) is 2.91. The summed E-state index contributed by atoms with van der Waals surface area (Å²) in [5, 5.41) is 4.02. The molecule has 3 heteroatoms. The molecular formula is C11H16N2O. The molecule has 0 heterocycles. The van der Waals surface area contributed by atoms with Crippen LogP contribution in [0, 0.1) is 0 Å². The van der Waals surface area contributed by atoms with Gasteiger partial charge in [-0.3, -0.25) is 0 Å². The molecule has 0 amide bonds. The average Bonchev–Trinajstić information content (AvgIpc) is 2.25. The van der Waals surface area contributed by atoms with E-state index in [2.05, 4.69) is 17.5 Å². The summed E-state index contributed by atoms with van der Waals surface area (Å²) in [6.07, 6.45) is 2.80. The molecule has 0 aliphatic rings. The lowest BCUT2D eigenvalue weighted by atomic mass is 10.2. The zero-order valence-electron chi connectivity index (χ0n) is 8.66. The first-order valence-corrected chi connectivity index (χ1v) is 4.74. The summed E-state index contributed by atoms with van der Waals surface area (Å²) < 4.78 is 5.12. The Balaban J connectivity index is 2.46. The predicted octanol–water partition coefficient (Wildman–Crippen LogP) is 2.18. The van der Waals surface area contributed by atoms with E-state index in [-0.39, 0.29) is 0 Å². The SMILES string of the molecule is CC/C=N\NCc1cccc(OC)c1. The largest absolute Gasteiger partial charge is 0.497 e. The Morgan fingerprint density at radius 3 is 3.07 bits per heavy atom. The highest BCUT2D eigenvalue weighted by atomic mass is 16.5. The summed E-state index contributed by atoms with van der Waals surface area (Å²) in [6.45, 7) is 2.78. The lowest BCUT2D eigenvalue weighted by Crippen LogP contribution is -2.05. The number of hydrogen-bond acceptors (Lipinski definition) is 3. The van der Waals surface area contributed by atoms with Crippen molar-refractivity contribution < 1.29 is 4.74 Å². The zero-order chi connectivity index (χ0) is 10.2. The monoisotopic (exact) mass is 192 g/mol. The first-order chi connectivity index (χ1) is 6.86. The van der Waals surface area contributed by atoms with Crippen LogP contribution >= 0.6 is 0 Å².